The van der Waals surface area contributed by atoms with E-state index >= 15 is 0 Å². The molecule has 0 atom stereocenters. The van der Waals surface area contributed by atoms with E-state index in [0.717, 1.165) is 0 Å². The van der Waals surface area contributed by atoms with Crippen LogP contribution in [0.1, 0.15) is 109 Å². The van der Waals surface area contributed by atoms with Crippen molar-refractivity contribution in [3.8, 4) is 0 Å². The van der Waals surface area contributed by atoms with E-state index in [2.05, 4.69) is 51.2 Å². The number of unbranched alkanes of at least 4 members (excludes halogenated alkanes) is 11. The molecule has 0 spiro atoms. The summed E-state index contributed by atoms with van der Waals surface area (Å²) < 4.78 is 1.32. The van der Waals surface area contributed by atoms with Crippen molar-refractivity contribution in [2.45, 2.75) is 110 Å². The van der Waals surface area contributed by atoms with Crippen LogP contribution in [-0.2, 0) is 6.42 Å². The lowest BCUT2D eigenvalue weighted by Crippen LogP contribution is -2.46. The number of benzene rings is 1. The third kappa shape index (κ3) is 13.4. The molecule has 162 valence electrons. The first kappa shape index (κ1) is 25.2. The Bertz CT molecular complexity index is 423. The van der Waals surface area contributed by atoms with Gasteiger partial charge >= 0.3 is 0 Å². The SMILES string of the molecule is CCCCCCCC[N+](C)(CCCCCCCC)CCCCc1ccccc1. The minimum atomic E-state index is 1.24. The van der Waals surface area contributed by atoms with Gasteiger partial charge in [0.2, 0.25) is 0 Å². The van der Waals surface area contributed by atoms with Crippen molar-refractivity contribution in [1.29, 1.82) is 0 Å². The summed E-state index contributed by atoms with van der Waals surface area (Å²) in [7, 11) is 2.54. The van der Waals surface area contributed by atoms with Gasteiger partial charge in [-0.1, -0.05) is 95.5 Å². The summed E-state index contributed by atoms with van der Waals surface area (Å²) in [5.74, 6) is 0. The quantitative estimate of drug-likeness (QED) is 0.165. The number of quaternary nitrogens is 1. The fourth-order valence-electron chi connectivity index (χ4n) is 4.35. The summed E-state index contributed by atoms with van der Waals surface area (Å²) in [4.78, 5) is 0. The van der Waals surface area contributed by atoms with Gasteiger partial charge in [-0.2, -0.15) is 0 Å². The van der Waals surface area contributed by atoms with Gasteiger partial charge in [0.25, 0.3) is 0 Å². The molecule has 0 fully saturated rings. The van der Waals surface area contributed by atoms with Crippen molar-refractivity contribution in [2.24, 2.45) is 0 Å². The number of hydrogen-bond acceptors (Lipinski definition) is 0. The van der Waals surface area contributed by atoms with Crippen molar-refractivity contribution >= 4 is 0 Å². The Morgan fingerprint density at radius 2 is 0.964 bits per heavy atom. The first-order chi connectivity index (χ1) is 13.7. The number of hydrogen-bond donors (Lipinski definition) is 0. The van der Waals surface area contributed by atoms with Gasteiger partial charge in [-0.25, -0.2) is 0 Å². The largest absolute Gasteiger partial charge is 0.326 e. The molecule has 0 radical (unpaired) electrons. The molecule has 0 saturated carbocycles. The van der Waals surface area contributed by atoms with Crippen molar-refractivity contribution in [3.63, 3.8) is 0 Å². The molecule has 1 rings (SSSR count). The van der Waals surface area contributed by atoms with Crippen LogP contribution < -0.4 is 0 Å². The Labute approximate surface area is 177 Å². The molecule has 0 unspecified atom stereocenters. The van der Waals surface area contributed by atoms with Crippen LogP contribution in [0.4, 0.5) is 0 Å². The highest BCUT2D eigenvalue weighted by Crippen LogP contribution is 2.16. The summed E-state index contributed by atoms with van der Waals surface area (Å²) in [5.41, 5.74) is 1.50. The third-order valence-corrected chi connectivity index (χ3v) is 6.36. The van der Waals surface area contributed by atoms with Crippen LogP contribution in [-0.4, -0.2) is 31.2 Å². The number of rotatable bonds is 19. The Hall–Kier alpha value is -0.820. The van der Waals surface area contributed by atoms with E-state index in [-0.39, 0.29) is 0 Å². The molecule has 1 heteroatoms. The van der Waals surface area contributed by atoms with Crippen molar-refractivity contribution in [1.82, 2.24) is 0 Å². The molecule has 0 bridgehead atoms. The molecule has 0 amide bonds. The fourth-order valence-corrected chi connectivity index (χ4v) is 4.35. The third-order valence-electron chi connectivity index (χ3n) is 6.36. The van der Waals surface area contributed by atoms with E-state index in [4.69, 9.17) is 0 Å². The molecule has 0 aliphatic carbocycles. The predicted octanol–water partition coefficient (Wildman–Crippen LogP) is 8.18. The van der Waals surface area contributed by atoms with Crippen LogP contribution >= 0.6 is 0 Å². The first-order valence-electron chi connectivity index (χ1n) is 12.6. The summed E-state index contributed by atoms with van der Waals surface area (Å²) in [5, 5.41) is 0. The Kier molecular flexibility index (Phi) is 15.4. The van der Waals surface area contributed by atoms with Crippen LogP contribution in [0.5, 0.6) is 0 Å². The molecule has 0 aliphatic heterocycles. The zero-order valence-corrected chi connectivity index (χ0v) is 19.6. The van der Waals surface area contributed by atoms with Crippen LogP contribution in [0, 0.1) is 0 Å². The summed E-state index contributed by atoms with van der Waals surface area (Å²) in [6.07, 6.45) is 21.0. The van der Waals surface area contributed by atoms with Gasteiger partial charge in [-0.15, -0.1) is 0 Å². The lowest BCUT2D eigenvalue weighted by Gasteiger charge is -2.35. The highest BCUT2D eigenvalue weighted by atomic mass is 15.3. The molecular weight excluding hydrogens is 338 g/mol. The molecule has 0 aliphatic rings. The van der Waals surface area contributed by atoms with Crippen molar-refractivity contribution in [2.75, 3.05) is 26.7 Å². The highest BCUT2D eigenvalue weighted by Gasteiger charge is 2.20. The normalized spacial score (nSPS) is 11.8. The predicted molar refractivity (Wildman–Crippen MR) is 127 cm³/mol. The molecule has 0 aromatic heterocycles. The maximum atomic E-state index is 2.54. The highest BCUT2D eigenvalue weighted by molar-refractivity contribution is 5.14. The van der Waals surface area contributed by atoms with Gasteiger partial charge in [0.15, 0.2) is 0 Å². The van der Waals surface area contributed by atoms with E-state index < -0.39 is 0 Å². The zero-order chi connectivity index (χ0) is 20.3. The van der Waals surface area contributed by atoms with Gasteiger partial charge in [0.05, 0.1) is 26.7 Å². The second-order valence-corrected chi connectivity index (χ2v) is 9.27. The molecule has 0 heterocycles. The first-order valence-corrected chi connectivity index (χ1v) is 12.6. The number of nitrogens with zero attached hydrogens (tertiary/aromatic N) is 1. The zero-order valence-electron chi connectivity index (χ0n) is 19.6. The van der Waals surface area contributed by atoms with E-state index in [1.807, 2.05) is 0 Å². The minimum absolute atomic E-state index is 1.24. The topological polar surface area (TPSA) is 0 Å². The van der Waals surface area contributed by atoms with Crippen molar-refractivity contribution in [3.05, 3.63) is 35.9 Å². The second kappa shape index (κ2) is 17.1. The maximum absolute atomic E-state index is 2.54. The summed E-state index contributed by atoms with van der Waals surface area (Å²) >= 11 is 0. The molecule has 1 nitrogen and oxygen atoms in total. The lowest BCUT2D eigenvalue weighted by atomic mass is 10.1. The molecule has 0 N–H and O–H groups in total. The smallest absolute Gasteiger partial charge is 0.0784 e. The van der Waals surface area contributed by atoms with Crippen LogP contribution in [0.2, 0.25) is 0 Å². The fraction of sp³-hybridized carbons (Fsp3) is 0.778. The minimum Gasteiger partial charge on any atom is -0.326 e. The van der Waals surface area contributed by atoms with Gasteiger partial charge in [0, 0.05) is 0 Å². The standard InChI is InChI=1S/C27H50N/c1-4-6-8-10-12-18-24-28(3,25-19-13-11-9-7-5-2)26-20-17-23-27-21-15-14-16-22-27/h14-16,21-22H,4-13,17-20,23-26H2,1-3H3/q+1. The Balaban J connectivity index is 2.30. The Morgan fingerprint density at radius 3 is 1.46 bits per heavy atom. The molecule has 0 saturated heterocycles. The maximum Gasteiger partial charge on any atom is 0.0784 e. The summed E-state index contributed by atoms with van der Waals surface area (Å²) in [6, 6.07) is 11.0. The van der Waals surface area contributed by atoms with E-state index in [9.17, 15) is 0 Å². The van der Waals surface area contributed by atoms with Crippen molar-refractivity contribution < 1.29 is 4.48 Å². The van der Waals surface area contributed by atoms with Gasteiger partial charge in [0.1, 0.15) is 0 Å². The van der Waals surface area contributed by atoms with Gasteiger partial charge < -0.3 is 4.48 Å². The molecule has 1 aromatic rings. The van der Waals surface area contributed by atoms with E-state index in [0.29, 0.717) is 0 Å². The van der Waals surface area contributed by atoms with Crippen LogP contribution in [0.25, 0.3) is 0 Å². The summed E-state index contributed by atoms with van der Waals surface area (Å²) in [6.45, 7) is 8.78. The van der Waals surface area contributed by atoms with Crippen LogP contribution in [0.3, 0.4) is 0 Å². The molecule has 1 aromatic carbocycles. The van der Waals surface area contributed by atoms with E-state index in [1.54, 1.807) is 0 Å². The average molecular weight is 389 g/mol. The van der Waals surface area contributed by atoms with Gasteiger partial charge in [-0.3, -0.25) is 0 Å². The molecule has 28 heavy (non-hydrogen) atoms. The Morgan fingerprint density at radius 1 is 0.536 bits per heavy atom. The van der Waals surface area contributed by atoms with Crippen LogP contribution in [0.15, 0.2) is 30.3 Å². The van der Waals surface area contributed by atoms with Gasteiger partial charge in [-0.05, 0) is 50.5 Å². The average Bonchev–Trinajstić information content (AvgIpc) is 2.71. The second-order valence-electron chi connectivity index (χ2n) is 9.27. The lowest BCUT2D eigenvalue weighted by molar-refractivity contribution is -0.910. The number of aryl methyl sites for hydroxylation is 1. The monoisotopic (exact) mass is 388 g/mol. The van der Waals surface area contributed by atoms with E-state index in [1.165, 1.54) is 126 Å². The molecular formula is C27H50N+.